The van der Waals surface area contributed by atoms with E-state index in [9.17, 15) is 9.59 Å². The fraction of sp³-hybridized carbons (Fsp3) is 0.0667. The van der Waals surface area contributed by atoms with Gasteiger partial charge in [-0.3, -0.25) is 9.59 Å². The van der Waals surface area contributed by atoms with Crippen LogP contribution < -0.4 is 5.32 Å². The predicted octanol–water partition coefficient (Wildman–Crippen LogP) is 2.41. The summed E-state index contributed by atoms with van der Waals surface area (Å²) in [5.41, 5.74) is 4.41. The highest BCUT2D eigenvalue weighted by molar-refractivity contribution is 5.99. The summed E-state index contributed by atoms with van der Waals surface area (Å²) in [6.07, 6.45) is 0.835. The van der Waals surface area contributed by atoms with E-state index in [1.165, 1.54) is 0 Å². The second-order valence-corrected chi connectivity index (χ2v) is 4.30. The van der Waals surface area contributed by atoms with E-state index in [4.69, 9.17) is 0 Å². The van der Waals surface area contributed by atoms with E-state index in [-0.39, 0.29) is 5.91 Å². The smallest absolute Gasteiger partial charge is 0.251 e. The molecule has 0 aromatic heterocycles. The molecule has 88 valence electrons. The molecule has 1 N–H and O–H groups in total. The molecular formula is C15H11NO2. The van der Waals surface area contributed by atoms with Crippen LogP contribution in [0.15, 0.2) is 42.5 Å². The van der Waals surface area contributed by atoms with Gasteiger partial charge in [0.15, 0.2) is 0 Å². The topological polar surface area (TPSA) is 46.2 Å². The van der Waals surface area contributed by atoms with E-state index in [0.717, 1.165) is 28.5 Å². The first-order chi connectivity index (χ1) is 8.78. The Morgan fingerprint density at radius 2 is 1.89 bits per heavy atom. The van der Waals surface area contributed by atoms with Crippen molar-refractivity contribution >= 4 is 12.2 Å². The molecule has 1 aliphatic heterocycles. The number of benzene rings is 2. The Bertz CT molecular complexity index is 647. The van der Waals surface area contributed by atoms with Crippen LogP contribution in [0.1, 0.15) is 26.3 Å². The molecule has 0 saturated carbocycles. The summed E-state index contributed by atoms with van der Waals surface area (Å²) in [4.78, 5) is 22.2. The summed E-state index contributed by atoms with van der Waals surface area (Å²) in [5.74, 6) is -0.0156. The lowest BCUT2D eigenvalue weighted by atomic mass is 9.99. The molecule has 3 nitrogen and oxygen atoms in total. The zero-order valence-electron chi connectivity index (χ0n) is 9.64. The van der Waals surface area contributed by atoms with Crippen molar-refractivity contribution in [2.45, 2.75) is 6.54 Å². The van der Waals surface area contributed by atoms with Crippen LogP contribution in [0, 0.1) is 0 Å². The number of fused-ring (bicyclic) bond motifs is 1. The van der Waals surface area contributed by atoms with Crippen LogP contribution in [-0.2, 0) is 6.54 Å². The first kappa shape index (κ1) is 10.7. The molecule has 0 atom stereocenters. The summed E-state index contributed by atoms with van der Waals surface area (Å²) >= 11 is 0. The second kappa shape index (κ2) is 4.11. The maximum absolute atomic E-state index is 11.5. The largest absolute Gasteiger partial charge is 0.348 e. The van der Waals surface area contributed by atoms with Crippen LogP contribution in [-0.4, -0.2) is 12.2 Å². The van der Waals surface area contributed by atoms with Gasteiger partial charge >= 0.3 is 0 Å². The highest BCUT2D eigenvalue weighted by Gasteiger charge is 2.18. The summed E-state index contributed by atoms with van der Waals surface area (Å²) in [6, 6.07) is 13.2. The fourth-order valence-electron chi connectivity index (χ4n) is 2.20. The SMILES string of the molecule is O=Cc1cccc(-c2ccc3c(c2)CNC3=O)c1. The van der Waals surface area contributed by atoms with Crippen molar-refractivity contribution in [1.82, 2.24) is 5.32 Å². The van der Waals surface area contributed by atoms with Crippen molar-refractivity contribution in [3.63, 3.8) is 0 Å². The van der Waals surface area contributed by atoms with Crippen LogP contribution in [0.2, 0.25) is 0 Å². The molecular weight excluding hydrogens is 226 g/mol. The molecule has 2 aromatic rings. The number of nitrogens with one attached hydrogen (secondary N) is 1. The zero-order valence-corrected chi connectivity index (χ0v) is 9.64. The average molecular weight is 237 g/mol. The van der Waals surface area contributed by atoms with E-state index in [1.54, 1.807) is 6.07 Å². The Morgan fingerprint density at radius 3 is 2.72 bits per heavy atom. The van der Waals surface area contributed by atoms with E-state index in [0.29, 0.717) is 12.1 Å². The Kier molecular flexibility index (Phi) is 2.45. The summed E-state index contributed by atoms with van der Waals surface area (Å²) in [7, 11) is 0. The quantitative estimate of drug-likeness (QED) is 0.815. The molecule has 3 heteroatoms. The zero-order chi connectivity index (χ0) is 12.5. The second-order valence-electron chi connectivity index (χ2n) is 4.30. The first-order valence-corrected chi connectivity index (χ1v) is 5.75. The molecule has 3 rings (SSSR count). The standard InChI is InChI=1S/C15H11NO2/c17-9-10-2-1-3-11(6-10)12-4-5-14-13(7-12)8-16-15(14)18/h1-7,9H,8H2,(H,16,18). The summed E-state index contributed by atoms with van der Waals surface area (Å²) in [6.45, 7) is 0.579. The van der Waals surface area contributed by atoms with Gasteiger partial charge in [0.25, 0.3) is 5.91 Å². The molecule has 0 aliphatic carbocycles. The molecule has 0 unspecified atom stereocenters. The minimum Gasteiger partial charge on any atom is -0.348 e. The van der Waals surface area contributed by atoms with Gasteiger partial charge in [-0.1, -0.05) is 24.3 Å². The minimum atomic E-state index is -0.0156. The predicted molar refractivity (Wildman–Crippen MR) is 68.4 cm³/mol. The van der Waals surface area contributed by atoms with E-state index in [1.807, 2.05) is 36.4 Å². The number of hydrogen-bond acceptors (Lipinski definition) is 2. The Morgan fingerprint density at radius 1 is 1.06 bits per heavy atom. The van der Waals surface area contributed by atoms with Crippen LogP contribution in [0.25, 0.3) is 11.1 Å². The average Bonchev–Trinajstić information content (AvgIpc) is 2.80. The molecule has 1 amide bonds. The van der Waals surface area contributed by atoms with Crippen molar-refractivity contribution in [3.05, 3.63) is 59.2 Å². The Hall–Kier alpha value is -2.42. The number of aldehydes is 1. The van der Waals surface area contributed by atoms with Crippen LogP contribution in [0.4, 0.5) is 0 Å². The lowest BCUT2D eigenvalue weighted by Crippen LogP contribution is -2.12. The van der Waals surface area contributed by atoms with E-state index in [2.05, 4.69) is 5.32 Å². The van der Waals surface area contributed by atoms with E-state index >= 15 is 0 Å². The number of carbonyl (C=O) groups is 2. The van der Waals surface area contributed by atoms with E-state index < -0.39 is 0 Å². The molecule has 0 bridgehead atoms. The molecule has 0 radical (unpaired) electrons. The number of amides is 1. The first-order valence-electron chi connectivity index (χ1n) is 5.75. The lowest BCUT2D eigenvalue weighted by molar-refractivity contribution is 0.0965. The third-order valence-electron chi connectivity index (χ3n) is 3.15. The van der Waals surface area contributed by atoms with Crippen LogP contribution >= 0.6 is 0 Å². The lowest BCUT2D eigenvalue weighted by Gasteiger charge is -2.04. The number of hydrogen-bond donors (Lipinski definition) is 1. The summed E-state index contributed by atoms with van der Waals surface area (Å²) < 4.78 is 0. The van der Waals surface area contributed by atoms with Gasteiger partial charge in [-0.2, -0.15) is 0 Å². The Balaban J connectivity index is 2.07. The third kappa shape index (κ3) is 1.70. The maximum Gasteiger partial charge on any atom is 0.251 e. The minimum absolute atomic E-state index is 0.0156. The molecule has 2 aromatic carbocycles. The molecule has 1 aliphatic rings. The molecule has 0 spiro atoms. The van der Waals surface area contributed by atoms with Gasteiger partial charge in [0.2, 0.25) is 0 Å². The third-order valence-corrected chi connectivity index (χ3v) is 3.15. The van der Waals surface area contributed by atoms with Gasteiger partial charge in [0.05, 0.1) is 0 Å². The Labute approximate surface area is 104 Å². The van der Waals surface area contributed by atoms with Gasteiger partial charge in [0, 0.05) is 17.7 Å². The van der Waals surface area contributed by atoms with Crippen molar-refractivity contribution in [2.24, 2.45) is 0 Å². The van der Waals surface area contributed by atoms with Crippen LogP contribution in [0.5, 0.6) is 0 Å². The van der Waals surface area contributed by atoms with Gasteiger partial charge in [-0.05, 0) is 34.9 Å². The highest BCUT2D eigenvalue weighted by Crippen LogP contribution is 2.25. The molecule has 18 heavy (non-hydrogen) atoms. The molecule has 0 fully saturated rings. The van der Waals surface area contributed by atoms with Gasteiger partial charge in [0.1, 0.15) is 6.29 Å². The van der Waals surface area contributed by atoms with Crippen molar-refractivity contribution in [2.75, 3.05) is 0 Å². The maximum atomic E-state index is 11.5. The fourth-order valence-corrected chi connectivity index (χ4v) is 2.20. The normalized spacial score (nSPS) is 13.0. The monoisotopic (exact) mass is 237 g/mol. The number of carbonyl (C=O) groups excluding carboxylic acids is 2. The van der Waals surface area contributed by atoms with Crippen molar-refractivity contribution in [1.29, 1.82) is 0 Å². The summed E-state index contributed by atoms with van der Waals surface area (Å²) in [5, 5.41) is 2.79. The van der Waals surface area contributed by atoms with Gasteiger partial charge in [-0.25, -0.2) is 0 Å². The van der Waals surface area contributed by atoms with Gasteiger partial charge < -0.3 is 5.32 Å². The van der Waals surface area contributed by atoms with Crippen molar-refractivity contribution < 1.29 is 9.59 Å². The molecule has 1 heterocycles. The van der Waals surface area contributed by atoms with Crippen molar-refractivity contribution in [3.8, 4) is 11.1 Å². The number of rotatable bonds is 2. The van der Waals surface area contributed by atoms with Crippen LogP contribution in [0.3, 0.4) is 0 Å². The molecule has 0 saturated heterocycles. The highest BCUT2D eigenvalue weighted by atomic mass is 16.1. The van der Waals surface area contributed by atoms with Gasteiger partial charge in [-0.15, -0.1) is 0 Å².